The zero-order chi connectivity index (χ0) is 22.9. The predicted molar refractivity (Wildman–Crippen MR) is 129 cm³/mol. The Kier molecular flexibility index (Phi) is 5.83. The van der Waals surface area contributed by atoms with Crippen LogP contribution in [0.2, 0.25) is 10.0 Å². The van der Waals surface area contributed by atoms with Crippen molar-refractivity contribution in [1.29, 1.82) is 0 Å². The molecule has 2 aromatic carbocycles. The number of fused-ring (bicyclic) bond motifs is 1. The quantitative estimate of drug-likeness (QED) is 0.569. The van der Waals surface area contributed by atoms with Crippen LogP contribution in [0.25, 0.3) is 11.8 Å². The molecule has 0 N–H and O–H groups in total. The second kappa shape index (κ2) is 8.92. The summed E-state index contributed by atoms with van der Waals surface area (Å²) in [5.74, 6) is 0.650. The average Bonchev–Trinajstić information content (AvgIpc) is 2.85. The highest BCUT2D eigenvalue weighted by atomic mass is 35.5. The molecule has 1 fully saturated rings. The largest absolute Gasteiger partial charge is 0.488 e. The maximum Gasteiger partial charge on any atom is 0.292 e. The number of halogens is 2. The summed E-state index contributed by atoms with van der Waals surface area (Å²) in [6.07, 6.45) is 3.44. The minimum atomic E-state index is -0.374. The summed E-state index contributed by atoms with van der Waals surface area (Å²) in [6.45, 7) is 2.30. The summed E-state index contributed by atoms with van der Waals surface area (Å²) in [6, 6.07) is 14.5. The molecule has 2 aliphatic rings. The lowest BCUT2D eigenvalue weighted by molar-refractivity contribution is -0.127. The Morgan fingerprint density at radius 2 is 1.76 bits per heavy atom. The number of carbonyl (C=O) groups excluding carboxylic acids is 1. The molecule has 168 valence electrons. The first-order valence-electron chi connectivity index (χ1n) is 10.5. The zero-order valence-corrected chi connectivity index (χ0v) is 19.1. The zero-order valence-electron chi connectivity index (χ0n) is 17.6. The highest BCUT2D eigenvalue weighted by molar-refractivity contribution is 6.33. The minimum Gasteiger partial charge on any atom is -0.488 e. The van der Waals surface area contributed by atoms with Crippen molar-refractivity contribution in [3.63, 3.8) is 0 Å². The summed E-state index contributed by atoms with van der Waals surface area (Å²) in [5, 5.41) is 5.01. The number of piperazine rings is 1. The molecule has 1 aromatic heterocycles. The lowest BCUT2D eigenvalue weighted by Crippen LogP contribution is -2.50. The summed E-state index contributed by atoms with van der Waals surface area (Å²) in [4.78, 5) is 29.6. The van der Waals surface area contributed by atoms with Crippen LogP contribution in [0.1, 0.15) is 5.56 Å². The number of aromatic nitrogens is 2. The molecule has 3 aromatic rings. The van der Waals surface area contributed by atoms with E-state index in [-0.39, 0.29) is 23.1 Å². The van der Waals surface area contributed by atoms with Gasteiger partial charge in [0.1, 0.15) is 17.4 Å². The molecular formula is C24H20Cl2N4O3. The van der Waals surface area contributed by atoms with E-state index in [1.54, 1.807) is 41.4 Å². The maximum absolute atomic E-state index is 13.0. The van der Waals surface area contributed by atoms with Gasteiger partial charge in [-0.25, -0.2) is 0 Å². The average molecular weight is 483 g/mol. The van der Waals surface area contributed by atoms with Gasteiger partial charge in [-0.1, -0.05) is 41.4 Å². The monoisotopic (exact) mass is 482 g/mol. The van der Waals surface area contributed by atoms with E-state index in [9.17, 15) is 9.59 Å². The van der Waals surface area contributed by atoms with Gasteiger partial charge in [-0.3, -0.25) is 9.59 Å². The number of nitrogens with zero attached hydrogens (tertiary/aromatic N) is 4. The van der Waals surface area contributed by atoms with Crippen LogP contribution in [-0.4, -0.2) is 53.4 Å². The van der Waals surface area contributed by atoms with Crippen molar-refractivity contribution in [2.24, 2.45) is 0 Å². The number of ether oxygens (including phenoxy) is 1. The molecule has 9 heteroatoms. The van der Waals surface area contributed by atoms with Gasteiger partial charge >= 0.3 is 0 Å². The second-order valence-electron chi connectivity index (χ2n) is 7.82. The van der Waals surface area contributed by atoms with E-state index in [1.807, 2.05) is 29.2 Å². The summed E-state index contributed by atoms with van der Waals surface area (Å²) in [5.41, 5.74) is 2.23. The molecular weight excluding hydrogens is 463 g/mol. The smallest absolute Gasteiger partial charge is 0.292 e. The molecule has 2 aliphatic heterocycles. The topological polar surface area (TPSA) is 67.7 Å². The Labute approximate surface area is 200 Å². The third kappa shape index (κ3) is 4.21. The van der Waals surface area contributed by atoms with Crippen LogP contribution in [0.5, 0.6) is 5.75 Å². The number of rotatable bonds is 3. The van der Waals surface area contributed by atoms with Gasteiger partial charge < -0.3 is 14.5 Å². The molecule has 1 amide bonds. The summed E-state index contributed by atoms with van der Waals surface area (Å²) < 4.78 is 7.01. The highest BCUT2D eigenvalue weighted by Gasteiger charge is 2.27. The van der Waals surface area contributed by atoms with Crippen LogP contribution in [-0.2, 0) is 4.79 Å². The molecule has 33 heavy (non-hydrogen) atoms. The van der Waals surface area contributed by atoms with E-state index in [1.165, 1.54) is 4.68 Å². The van der Waals surface area contributed by atoms with Crippen LogP contribution in [0, 0.1) is 0 Å². The van der Waals surface area contributed by atoms with Crippen molar-refractivity contribution in [1.82, 2.24) is 14.7 Å². The number of benzene rings is 2. The van der Waals surface area contributed by atoms with Gasteiger partial charge in [0.2, 0.25) is 0 Å². The number of carbonyl (C=O) groups is 1. The first-order chi connectivity index (χ1) is 16.0. The van der Waals surface area contributed by atoms with Crippen molar-refractivity contribution in [2.45, 2.75) is 0 Å². The molecule has 1 saturated heterocycles. The summed E-state index contributed by atoms with van der Waals surface area (Å²) in [7, 11) is 0. The third-order valence-corrected chi connectivity index (χ3v) is 6.36. The fraction of sp³-hybridized carbons (Fsp3) is 0.208. The van der Waals surface area contributed by atoms with Crippen molar-refractivity contribution in [3.05, 3.63) is 86.3 Å². The van der Waals surface area contributed by atoms with Crippen LogP contribution in [0.4, 0.5) is 5.69 Å². The van der Waals surface area contributed by atoms with Gasteiger partial charge in [-0.15, -0.1) is 0 Å². The molecule has 3 heterocycles. The second-order valence-corrected chi connectivity index (χ2v) is 8.63. The first kappa shape index (κ1) is 21.6. The van der Waals surface area contributed by atoms with Crippen molar-refractivity contribution in [3.8, 4) is 11.4 Å². The van der Waals surface area contributed by atoms with Gasteiger partial charge in [-0.2, -0.15) is 9.78 Å². The Bertz CT molecular complexity index is 1300. The minimum absolute atomic E-state index is 0.0657. The van der Waals surface area contributed by atoms with Crippen LogP contribution in [0.3, 0.4) is 0 Å². The Morgan fingerprint density at radius 3 is 2.52 bits per heavy atom. The Hall–Kier alpha value is -3.29. The third-order valence-electron chi connectivity index (χ3n) is 5.77. The summed E-state index contributed by atoms with van der Waals surface area (Å²) >= 11 is 12.5. The van der Waals surface area contributed by atoms with Crippen LogP contribution < -0.4 is 15.2 Å². The van der Waals surface area contributed by atoms with Gasteiger partial charge in [0.15, 0.2) is 0 Å². The first-order valence-corrected chi connectivity index (χ1v) is 11.3. The number of anilines is 1. The Morgan fingerprint density at radius 1 is 1.00 bits per heavy atom. The predicted octanol–water partition coefficient (Wildman–Crippen LogP) is 3.66. The maximum atomic E-state index is 13.0. The normalized spacial score (nSPS) is 15.5. The van der Waals surface area contributed by atoms with E-state index in [4.69, 9.17) is 27.9 Å². The number of para-hydroxylation sites is 1. The van der Waals surface area contributed by atoms with E-state index in [0.29, 0.717) is 53.9 Å². The van der Waals surface area contributed by atoms with Gasteiger partial charge in [0.25, 0.3) is 11.5 Å². The Balaban J connectivity index is 1.29. The molecule has 7 nitrogen and oxygen atoms in total. The van der Waals surface area contributed by atoms with Gasteiger partial charge in [0.05, 0.1) is 23.1 Å². The van der Waals surface area contributed by atoms with Crippen LogP contribution in [0.15, 0.2) is 65.1 Å². The van der Waals surface area contributed by atoms with E-state index in [0.717, 1.165) is 5.56 Å². The number of hydrogen-bond acceptors (Lipinski definition) is 5. The van der Waals surface area contributed by atoms with Crippen molar-refractivity contribution < 1.29 is 9.53 Å². The molecule has 0 spiro atoms. The fourth-order valence-corrected chi connectivity index (χ4v) is 4.45. The highest BCUT2D eigenvalue weighted by Crippen LogP contribution is 2.30. The molecule has 5 rings (SSSR count). The number of amides is 1. The SMILES string of the molecule is O=C(C1=Cc2cc(Cl)ccc2OC1)N1CCN(c2cnn(-c3ccccc3)c(=O)c2Cl)CC1. The van der Waals surface area contributed by atoms with Gasteiger partial charge in [0, 0.05) is 36.8 Å². The van der Waals surface area contributed by atoms with E-state index >= 15 is 0 Å². The fourth-order valence-electron chi connectivity index (χ4n) is 4.02. The standard InChI is InChI=1S/C24H20Cl2N4O3/c25-18-6-7-21-16(13-18)12-17(15-33-21)23(31)29-10-8-28(9-11-29)20-14-27-30(24(32)22(20)26)19-4-2-1-3-5-19/h1-7,12-14H,8-11,15H2. The van der Waals surface area contributed by atoms with Crippen LogP contribution >= 0.6 is 23.2 Å². The van der Waals surface area contributed by atoms with Crippen molar-refractivity contribution >= 4 is 40.9 Å². The van der Waals surface area contributed by atoms with E-state index < -0.39 is 0 Å². The molecule has 0 radical (unpaired) electrons. The molecule has 0 saturated carbocycles. The molecule has 0 aliphatic carbocycles. The molecule has 0 atom stereocenters. The number of hydrogen-bond donors (Lipinski definition) is 0. The van der Waals surface area contributed by atoms with Crippen molar-refractivity contribution in [2.75, 3.05) is 37.7 Å². The van der Waals surface area contributed by atoms with Gasteiger partial charge in [-0.05, 0) is 36.4 Å². The van der Waals surface area contributed by atoms with E-state index in [2.05, 4.69) is 5.10 Å². The molecule has 0 unspecified atom stereocenters. The molecule has 0 bridgehead atoms. The lowest BCUT2D eigenvalue weighted by atomic mass is 10.1. The lowest BCUT2D eigenvalue weighted by Gasteiger charge is -2.36.